The Balaban J connectivity index is 1.85. The van der Waals surface area contributed by atoms with Crippen LogP contribution in [0.1, 0.15) is 0 Å². The summed E-state index contributed by atoms with van der Waals surface area (Å²) in [5, 5.41) is 0. The SMILES string of the molecule is O=C(N1CCOCC1)N1CCSCC1. The van der Waals surface area contributed by atoms with Crippen molar-refractivity contribution in [3.63, 3.8) is 0 Å². The smallest absolute Gasteiger partial charge is 0.320 e. The molecule has 80 valence electrons. The number of amides is 2. The van der Waals surface area contributed by atoms with Crippen molar-refractivity contribution >= 4 is 17.8 Å². The fourth-order valence-corrected chi connectivity index (χ4v) is 2.61. The van der Waals surface area contributed by atoms with E-state index in [9.17, 15) is 4.79 Å². The normalized spacial score (nSPS) is 23.7. The van der Waals surface area contributed by atoms with Gasteiger partial charge in [-0.2, -0.15) is 11.8 Å². The summed E-state index contributed by atoms with van der Waals surface area (Å²) in [5.74, 6) is 2.16. The minimum atomic E-state index is 0.202. The Morgan fingerprint density at radius 3 is 2.21 bits per heavy atom. The number of nitrogens with zero attached hydrogens (tertiary/aromatic N) is 2. The molecular formula is C9H16N2O2S. The standard InChI is InChI=1S/C9H16N2O2S/c12-9(10-1-5-13-6-2-10)11-3-7-14-8-4-11/h1-8H2. The predicted molar refractivity (Wildman–Crippen MR) is 56.7 cm³/mol. The molecule has 2 aliphatic heterocycles. The maximum absolute atomic E-state index is 11.9. The molecule has 0 radical (unpaired) electrons. The second kappa shape index (κ2) is 4.89. The van der Waals surface area contributed by atoms with E-state index >= 15 is 0 Å². The molecular weight excluding hydrogens is 200 g/mol. The Hall–Kier alpha value is -0.420. The number of urea groups is 1. The van der Waals surface area contributed by atoms with Crippen molar-refractivity contribution in [3.05, 3.63) is 0 Å². The van der Waals surface area contributed by atoms with E-state index in [1.165, 1.54) is 0 Å². The Kier molecular flexibility index (Phi) is 3.53. The number of ether oxygens (including phenoxy) is 1. The molecule has 0 atom stereocenters. The molecule has 14 heavy (non-hydrogen) atoms. The van der Waals surface area contributed by atoms with Gasteiger partial charge in [0.2, 0.25) is 0 Å². The highest BCUT2D eigenvalue weighted by atomic mass is 32.2. The molecule has 0 aromatic rings. The summed E-state index contributed by atoms with van der Waals surface area (Å²) in [6, 6.07) is 0.202. The van der Waals surface area contributed by atoms with Gasteiger partial charge in [-0.1, -0.05) is 0 Å². The number of rotatable bonds is 0. The van der Waals surface area contributed by atoms with E-state index in [-0.39, 0.29) is 6.03 Å². The molecule has 0 spiro atoms. The number of carbonyl (C=O) groups excluding carboxylic acids is 1. The predicted octanol–water partition coefficient (Wildman–Crippen LogP) is 0.487. The molecule has 2 aliphatic rings. The lowest BCUT2D eigenvalue weighted by atomic mass is 10.4. The largest absolute Gasteiger partial charge is 0.378 e. The lowest BCUT2D eigenvalue weighted by molar-refractivity contribution is 0.0441. The van der Waals surface area contributed by atoms with Crippen molar-refractivity contribution in [2.45, 2.75) is 0 Å². The van der Waals surface area contributed by atoms with E-state index < -0.39 is 0 Å². The van der Waals surface area contributed by atoms with Gasteiger partial charge in [0.1, 0.15) is 0 Å². The highest BCUT2D eigenvalue weighted by molar-refractivity contribution is 7.99. The van der Waals surface area contributed by atoms with Crippen molar-refractivity contribution in [1.29, 1.82) is 0 Å². The molecule has 2 heterocycles. The van der Waals surface area contributed by atoms with Gasteiger partial charge >= 0.3 is 6.03 Å². The van der Waals surface area contributed by atoms with E-state index in [0.29, 0.717) is 13.2 Å². The first-order valence-corrected chi connectivity index (χ1v) is 6.23. The minimum Gasteiger partial charge on any atom is -0.378 e. The first-order chi connectivity index (χ1) is 6.88. The van der Waals surface area contributed by atoms with Crippen molar-refractivity contribution in [2.75, 3.05) is 50.9 Å². The highest BCUT2D eigenvalue weighted by Gasteiger charge is 2.23. The van der Waals surface area contributed by atoms with E-state index in [1.54, 1.807) is 0 Å². The minimum absolute atomic E-state index is 0.202. The van der Waals surface area contributed by atoms with Crippen LogP contribution in [0.15, 0.2) is 0 Å². The third-order valence-corrected chi connectivity index (χ3v) is 3.51. The van der Waals surface area contributed by atoms with Crippen LogP contribution in [0.25, 0.3) is 0 Å². The van der Waals surface area contributed by atoms with Crippen LogP contribution in [0.4, 0.5) is 4.79 Å². The Labute approximate surface area is 88.6 Å². The number of carbonyl (C=O) groups is 1. The number of hydrogen-bond acceptors (Lipinski definition) is 3. The Morgan fingerprint density at radius 2 is 1.57 bits per heavy atom. The van der Waals surface area contributed by atoms with Crippen LogP contribution in [0.2, 0.25) is 0 Å². The fourth-order valence-electron chi connectivity index (χ4n) is 1.71. The van der Waals surface area contributed by atoms with Gasteiger partial charge in [-0.3, -0.25) is 0 Å². The monoisotopic (exact) mass is 216 g/mol. The molecule has 2 amide bonds. The molecule has 4 nitrogen and oxygen atoms in total. The summed E-state index contributed by atoms with van der Waals surface area (Å²) < 4.78 is 5.22. The third-order valence-electron chi connectivity index (χ3n) is 2.56. The quantitative estimate of drug-likeness (QED) is 0.591. The molecule has 0 aromatic heterocycles. The number of morpholine rings is 1. The van der Waals surface area contributed by atoms with Crippen LogP contribution >= 0.6 is 11.8 Å². The maximum atomic E-state index is 11.9. The summed E-state index contributed by atoms with van der Waals surface area (Å²) in [7, 11) is 0. The summed E-state index contributed by atoms with van der Waals surface area (Å²) in [5.41, 5.74) is 0. The molecule has 0 bridgehead atoms. The zero-order valence-electron chi connectivity index (χ0n) is 8.28. The van der Waals surface area contributed by atoms with Gasteiger partial charge < -0.3 is 14.5 Å². The van der Waals surface area contributed by atoms with Gasteiger partial charge in [-0.25, -0.2) is 4.79 Å². The first kappa shape index (κ1) is 10.1. The average Bonchev–Trinajstić information content (AvgIpc) is 2.30. The zero-order chi connectivity index (χ0) is 9.80. The van der Waals surface area contributed by atoms with Gasteiger partial charge in [0.05, 0.1) is 13.2 Å². The lowest BCUT2D eigenvalue weighted by Gasteiger charge is -2.34. The van der Waals surface area contributed by atoms with Crippen LogP contribution in [-0.4, -0.2) is 66.7 Å². The maximum Gasteiger partial charge on any atom is 0.320 e. The van der Waals surface area contributed by atoms with Crippen molar-refractivity contribution in [3.8, 4) is 0 Å². The third kappa shape index (κ3) is 2.33. The first-order valence-electron chi connectivity index (χ1n) is 5.07. The van der Waals surface area contributed by atoms with Crippen LogP contribution < -0.4 is 0 Å². The second-order valence-electron chi connectivity index (χ2n) is 3.48. The lowest BCUT2D eigenvalue weighted by Crippen LogP contribution is -2.50. The molecule has 0 aromatic carbocycles. The van der Waals surface area contributed by atoms with Crippen LogP contribution in [0.5, 0.6) is 0 Å². The summed E-state index contributed by atoms with van der Waals surface area (Å²) in [6.45, 7) is 4.69. The van der Waals surface area contributed by atoms with Gasteiger partial charge in [0, 0.05) is 37.7 Å². The summed E-state index contributed by atoms with van der Waals surface area (Å²) >= 11 is 1.93. The molecule has 2 saturated heterocycles. The number of hydrogen-bond donors (Lipinski definition) is 0. The molecule has 0 aliphatic carbocycles. The van der Waals surface area contributed by atoms with Crippen molar-refractivity contribution in [1.82, 2.24) is 9.80 Å². The van der Waals surface area contributed by atoms with Crippen LogP contribution in [0.3, 0.4) is 0 Å². The van der Waals surface area contributed by atoms with E-state index in [4.69, 9.17) is 4.74 Å². The molecule has 2 fully saturated rings. The van der Waals surface area contributed by atoms with Crippen LogP contribution in [-0.2, 0) is 4.74 Å². The molecule has 0 N–H and O–H groups in total. The van der Waals surface area contributed by atoms with Gasteiger partial charge in [0.25, 0.3) is 0 Å². The van der Waals surface area contributed by atoms with E-state index in [0.717, 1.165) is 37.7 Å². The van der Waals surface area contributed by atoms with Gasteiger partial charge in [-0.15, -0.1) is 0 Å². The zero-order valence-corrected chi connectivity index (χ0v) is 9.09. The molecule has 5 heteroatoms. The molecule has 0 saturated carbocycles. The fraction of sp³-hybridized carbons (Fsp3) is 0.889. The molecule has 0 unspecified atom stereocenters. The van der Waals surface area contributed by atoms with E-state index in [2.05, 4.69) is 0 Å². The summed E-state index contributed by atoms with van der Waals surface area (Å²) in [6.07, 6.45) is 0. The Bertz CT molecular complexity index is 181. The highest BCUT2D eigenvalue weighted by Crippen LogP contribution is 2.12. The summed E-state index contributed by atoms with van der Waals surface area (Å²) in [4.78, 5) is 15.8. The molecule has 2 rings (SSSR count). The van der Waals surface area contributed by atoms with Gasteiger partial charge in [0.15, 0.2) is 0 Å². The van der Waals surface area contributed by atoms with E-state index in [1.807, 2.05) is 21.6 Å². The van der Waals surface area contributed by atoms with Crippen LogP contribution in [0, 0.1) is 0 Å². The Morgan fingerprint density at radius 1 is 1.00 bits per heavy atom. The van der Waals surface area contributed by atoms with Crippen molar-refractivity contribution < 1.29 is 9.53 Å². The number of thioether (sulfide) groups is 1. The van der Waals surface area contributed by atoms with Gasteiger partial charge in [-0.05, 0) is 0 Å². The van der Waals surface area contributed by atoms with Crippen molar-refractivity contribution in [2.24, 2.45) is 0 Å². The second-order valence-corrected chi connectivity index (χ2v) is 4.71. The average molecular weight is 216 g/mol. The topological polar surface area (TPSA) is 32.8 Å².